The van der Waals surface area contributed by atoms with Gasteiger partial charge in [-0.25, -0.2) is 4.99 Å². The molecular weight excluding hydrogens is 390 g/mol. The minimum atomic E-state index is -5.04. The van der Waals surface area contributed by atoms with Gasteiger partial charge in [0, 0.05) is 31.4 Å². The van der Waals surface area contributed by atoms with Gasteiger partial charge in [0.1, 0.15) is 6.04 Å². The summed E-state index contributed by atoms with van der Waals surface area (Å²) in [7, 11) is 3.26. The number of aliphatic imine (C=N–C) groups is 1. The number of carbonyl (C=O) groups excluding carboxylic acids is 1. The summed E-state index contributed by atoms with van der Waals surface area (Å²) in [6.07, 6.45) is -7.77. The number of hydrogen-bond acceptors (Lipinski definition) is 3. The Bertz CT molecular complexity index is 905. The van der Waals surface area contributed by atoms with Crippen molar-refractivity contribution < 1.29 is 31.1 Å². The van der Waals surface area contributed by atoms with Gasteiger partial charge in [-0.2, -0.15) is 26.3 Å². The van der Waals surface area contributed by atoms with Crippen molar-refractivity contribution >= 4 is 28.8 Å². The fourth-order valence-corrected chi connectivity index (χ4v) is 2.34. The number of rotatable bonds is 4. The van der Waals surface area contributed by atoms with E-state index >= 15 is 0 Å². The molecule has 0 aliphatic heterocycles. The number of pyridine rings is 1. The summed E-state index contributed by atoms with van der Waals surface area (Å²) in [6, 6.07) is 0.794. The van der Waals surface area contributed by atoms with Crippen LogP contribution in [0.15, 0.2) is 29.4 Å². The predicted octanol–water partition coefficient (Wildman–Crippen LogP) is 4.19. The molecule has 152 valence electrons. The standard InChI is InChI=1S/C17H16F6N4O/c1-9(15(28)25-8-27(2)3)26-13-4-5-24-14-11(13)6-10(16(18,19)20)7-12(14)17(21,22)23/h4-9H,1-3H3,(H,24,26)/t9-/m0/s1. The molecule has 1 aromatic heterocycles. The van der Waals surface area contributed by atoms with Crippen molar-refractivity contribution in [2.24, 2.45) is 4.99 Å². The molecule has 1 aromatic carbocycles. The Balaban J connectivity index is 2.57. The zero-order valence-electron chi connectivity index (χ0n) is 15.0. The van der Waals surface area contributed by atoms with E-state index in [1.54, 1.807) is 14.1 Å². The molecule has 0 spiro atoms. The van der Waals surface area contributed by atoms with E-state index in [9.17, 15) is 31.1 Å². The van der Waals surface area contributed by atoms with E-state index in [-0.39, 0.29) is 11.8 Å². The van der Waals surface area contributed by atoms with E-state index in [1.807, 2.05) is 0 Å². The lowest BCUT2D eigenvalue weighted by Gasteiger charge is -2.18. The normalized spacial score (nSPS) is 13.8. The zero-order valence-corrected chi connectivity index (χ0v) is 15.0. The Kier molecular flexibility index (Phi) is 5.86. The lowest BCUT2D eigenvalue weighted by molar-refractivity contribution is -0.142. The summed E-state index contributed by atoms with van der Waals surface area (Å²) in [5, 5.41) is 2.21. The van der Waals surface area contributed by atoms with Crippen LogP contribution in [0.2, 0.25) is 0 Å². The number of carbonyl (C=O) groups is 1. The van der Waals surface area contributed by atoms with E-state index in [0.29, 0.717) is 6.07 Å². The minimum Gasteiger partial charge on any atom is -0.373 e. The molecule has 0 saturated carbocycles. The van der Waals surface area contributed by atoms with Crippen molar-refractivity contribution in [1.82, 2.24) is 9.88 Å². The average molecular weight is 406 g/mol. The van der Waals surface area contributed by atoms with E-state index < -0.39 is 46.3 Å². The number of fused-ring (bicyclic) bond motifs is 1. The third-order valence-electron chi connectivity index (χ3n) is 3.64. The molecule has 0 saturated heterocycles. The Hall–Kier alpha value is -2.85. The quantitative estimate of drug-likeness (QED) is 0.470. The highest BCUT2D eigenvalue weighted by Crippen LogP contribution is 2.41. The first-order valence-electron chi connectivity index (χ1n) is 7.89. The molecule has 11 heteroatoms. The van der Waals surface area contributed by atoms with Crippen LogP contribution in [0.5, 0.6) is 0 Å². The number of nitrogens with one attached hydrogen (secondary N) is 1. The summed E-state index contributed by atoms with van der Waals surface area (Å²) in [5.41, 5.74) is -3.72. The van der Waals surface area contributed by atoms with Gasteiger partial charge in [-0.1, -0.05) is 0 Å². The average Bonchev–Trinajstić information content (AvgIpc) is 2.57. The van der Waals surface area contributed by atoms with Crippen molar-refractivity contribution in [3.8, 4) is 0 Å². The molecule has 1 N–H and O–H groups in total. The van der Waals surface area contributed by atoms with E-state index in [0.717, 1.165) is 6.20 Å². The van der Waals surface area contributed by atoms with E-state index in [1.165, 1.54) is 24.2 Å². The van der Waals surface area contributed by atoms with Crippen LogP contribution in [0.3, 0.4) is 0 Å². The molecule has 0 aliphatic rings. The van der Waals surface area contributed by atoms with Crippen LogP contribution in [-0.4, -0.2) is 42.3 Å². The molecule has 0 fully saturated rings. The van der Waals surface area contributed by atoms with Gasteiger partial charge >= 0.3 is 12.4 Å². The van der Waals surface area contributed by atoms with Gasteiger partial charge in [-0.05, 0) is 25.1 Å². The summed E-state index contributed by atoms with van der Waals surface area (Å²) < 4.78 is 79.1. The van der Waals surface area contributed by atoms with Crippen molar-refractivity contribution in [3.63, 3.8) is 0 Å². The number of halogens is 6. The molecule has 2 rings (SSSR count). The SMILES string of the molecule is C[C@H](Nc1ccnc2c(C(F)(F)F)cc(C(F)(F)F)cc12)C(=O)N=CN(C)C. The van der Waals surface area contributed by atoms with Crippen LogP contribution in [0.1, 0.15) is 18.1 Å². The third-order valence-corrected chi connectivity index (χ3v) is 3.64. The van der Waals surface area contributed by atoms with Crippen molar-refractivity contribution in [1.29, 1.82) is 0 Å². The van der Waals surface area contributed by atoms with Crippen molar-refractivity contribution in [2.45, 2.75) is 25.3 Å². The number of hydrogen-bond donors (Lipinski definition) is 1. The number of aromatic nitrogens is 1. The first kappa shape index (κ1) is 21.5. The summed E-state index contributed by atoms with van der Waals surface area (Å²) in [5.74, 6) is -0.651. The molecule has 1 atom stereocenters. The van der Waals surface area contributed by atoms with Gasteiger partial charge in [0.25, 0.3) is 5.91 Å². The number of anilines is 1. The van der Waals surface area contributed by atoms with Crippen molar-refractivity contribution in [3.05, 3.63) is 35.5 Å². The molecule has 2 aromatic rings. The van der Waals surface area contributed by atoms with Crippen LogP contribution in [-0.2, 0) is 17.1 Å². The molecule has 0 unspecified atom stereocenters. The molecule has 0 bridgehead atoms. The second-order valence-corrected chi connectivity index (χ2v) is 6.19. The molecule has 1 amide bonds. The van der Waals surface area contributed by atoms with Gasteiger partial charge in [-0.15, -0.1) is 0 Å². The Morgan fingerprint density at radius 3 is 2.36 bits per heavy atom. The Labute approximate surface area is 156 Å². The van der Waals surface area contributed by atoms with Crippen LogP contribution >= 0.6 is 0 Å². The van der Waals surface area contributed by atoms with E-state index in [2.05, 4.69) is 15.3 Å². The fourth-order valence-electron chi connectivity index (χ4n) is 2.34. The van der Waals surface area contributed by atoms with Gasteiger partial charge < -0.3 is 10.2 Å². The second-order valence-electron chi connectivity index (χ2n) is 6.19. The Morgan fingerprint density at radius 2 is 1.82 bits per heavy atom. The summed E-state index contributed by atoms with van der Waals surface area (Å²) in [6.45, 7) is 1.39. The molecule has 1 heterocycles. The molecule has 0 radical (unpaired) electrons. The number of benzene rings is 1. The molecule has 0 aliphatic carbocycles. The maximum Gasteiger partial charge on any atom is 0.418 e. The van der Waals surface area contributed by atoms with Gasteiger partial charge in [0.05, 0.1) is 23.0 Å². The fraction of sp³-hybridized carbons (Fsp3) is 0.353. The molecule has 28 heavy (non-hydrogen) atoms. The van der Waals surface area contributed by atoms with Crippen LogP contribution in [0.4, 0.5) is 32.0 Å². The second kappa shape index (κ2) is 7.64. The minimum absolute atomic E-state index is 0.0229. The first-order chi connectivity index (χ1) is 12.8. The number of nitrogens with zero attached hydrogens (tertiary/aromatic N) is 3. The Morgan fingerprint density at radius 1 is 1.18 bits per heavy atom. The van der Waals surface area contributed by atoms with Gasteiger partial charge in [0.15, 0.2) is 0 Å². The third kappa shape index (κ3) is 4.90. The molecule has 5 nitrogen and oxygen atoms in total. The summed E-state index contributed by atoms with van der Waals surface area (Å²) in [4.78, 5) is 20.7. The number of alkyl halides is 6. The highest BCUT2D eigenvalue weighted by atomic mass is 19.4. The maximum absolute atomic E-state index is 13.3. The largest absolute Gasteiger partial charge is 0.418 e. The monoisotopic (exact) mass is 406 g/mol. The first-order valence-corrected chi connectivity index (χ1v) is 7.89. The lowest BCUT2D eigenvalue weighted by Crippen LogP contribution is -2.26. The highest BCUT2D eigenvalue weighted by molar-refractivity contribution is 5.97. The van der Waals surface area contributed by atoms with Gasteiger partial charge in [0.2, 0.25) is 0 Å². The zero-order chi connectivity index (χ0) is 21.3. The van der Waals surface area contributed by atoms with E-state index in [4.69, 9.17) is 0 Å². The topological polar surface area (TPSA) is 57.6 Å². The van der Waals surface area contributed by atoms with Crippen LogP contribution < -0.4 is 5.32 Å². The maximum atomic E-state index is 13.3. The summed E-state index contributed by atoms with van der Waals surface area (Å²) >= 11 is 0. The number of amides is 1. The molecular formula is C17H16F6N4O. The van der Waals surface area contributed by atoms with Gasteiger partial charge in [-0.3, -0.25) is 9.78 Å². The highest BCUT2D eigenvalue weighted by Gasteiger charge is 2.39. The van der Waals surface area contributed by atoms with Crippen LogP contribution in [0, 0.1) is 0 Å². The van der Waals surface area contributed by atoms with Crippen molar-refractivity contribution in [2.75, 3.05) is 19.4 Å². The predicted molar refractivity (Wildman–Crippen MR) is 92.0 cm³/mol. The lowest BCUT2D eigenvalue weighted by atomic mass is 10.0. The smallest absolute Gasteiger partial charge is 0.373 e. The van der Waals surface area contributed by atoms with Crippen LogP contribution in [0.25, 0.3) is 10.9 Å².